The van der Waals surface area contributed by atoms with E-state index in [1.54, 1.807) is 32.0 Å². The van der Waals surface area contributed by atoms with E-state index in [1.165, 1.54) is 6.92 Å². The Bertz CT molecular complexity index is 1190. The van der Waals surface area contributed by atoms with Crippen LogP contribution in [0.2, 0.25) is 0 Å². The highest BCUT2D eigenvalue weighted by Gasteiger charge is 2.38. The van der Waals surface area contributed by atoms with Gasteiger partial charge < -0.3 is 23.7 Å². The zero-order valence-corrected chi connectivity index (χ0v) is 20.0. The quantitative estimate of drug-likeness (QED) is 0.344. The third-order valence-corrected chi connectivity index (χ3v) is 5.30. The lowest BCUT2D eigenvalue weighted by atomic mass is 10.0. The molecule has 0 bridgehead atoms. The van der Waals surface area contributed by atoms with Crippen molar-refractivity contribution in [2.75, 3.05) is 6.61 Å². The number of aliphatic hydroxyl groups excluding tert-OH is 1. The molecule has 9 nitrogen and oxygen atoms in total. The first kappa shape index (κ1) is 27.1. The van der Waals surface area contributed by atoms with Gasteiger partial charge in [-0.15, -0.1) is 0 Å². The van der Waals surface area contributed by atoms with Gasteiger partial charge in [-0.2, -0.15) is 18.2 Å². The average molecular weight is 509 g/mol. The topological polar surface area (TPSA) is 129 Å². The standard InChI is InChI=1S/C24H26F3N3O6/c1-13-9-16(22-28-23(36-30-22)24(25,26)27)10-14(2)21(13)34-8-4-5-18-12-19(29-35-18)20(33)11-17(32)7-6-15(3)31/h9-10,12,20,33H,4-8,11H2,1-3H3. The van der Waals surface area contributed by atoms with E-state index in [2.05, 4.69) is 19.8 Å². The van der Waals surface area contributed by atoms with Crippen LogP contribution >= 0.6 is 0 Å². The van der Waals surface area contributed by atoms with Crippen LogP contribution < -0.4 is 4.74 Å². The molecule has 0 aliphatic carbocycles. The molecule has 2 heterocycles. The molecule has 12 heteroatoms. The second-order valence-electron chi connectivity index (χ2n) is 8.49. The number of ketones is 2. The molecule has 0 fully saturated rings. The van der Waals surface area contributed by atoms with Crippen LogP contribution in [0.5, 0.6) is 5.75 Å². The summed E-state index contributed by atoms with van der Waals surface area (Å²) in [7, 11) is 0. The molecule has 3 aromatic rings. The Morgan fingerprint density at radius 1 is 1.08 bits per heavy atom. The summed E-state index contributed by atoms with van der Waals surface area (Å²) < 4.78 is 53.5. The minimum atomic E-state index is -4.71. The maximum absolute atomic E-state index is 12.7. The molecule has 36 heavy (non-hydrogen) atoms. The number of aromatic nitrogens is 3. The molecule has 194 valence electrons. The van der Waals surface area contributed by atoms with Crippen LogP contribution in [0, 0.1) is 13.8 Å². The fourth-order valence-electron chi connectivity index (χ4n) is 3.53. The summed E-state index contributed by atoms with van der Waals surface area (Å²) in [5, 5.41) is 17.4. The van der Waals surface area contributed by atoms with E-state index in [9.17, 15) is 27.9 Å². The highest BCUT2D eigenvalue weighted by Crippen LogP contribution is 2.32. The van der Waals surface area contributed by atoms with Gasteiger partial charge in [0.25, 0.3) is 0 Å². The zero-order chi connectivity index (χ0) is 26.5. The van der Waals surface area contributed by atoms with Crippen molar-refractivity contribution in [1.29, 1.82) is 0 Å². The Morgan fingerprint density at radius 2 is 1.78 bits per heavy atom. The van der Waals surface area contributed by atoms with Gasteiger partial charge in [-0.25, -0.2) is 0 Å². The van der Waals surface area contributed by atoms with Crippen molar-refractivity contribution >= 4 is 11.6 Å². The third kappa shape index (κ3) is 7.23. The van der Waals surface area contributed by atoms with E-state index < -0.39 is 18.2 Å². The van der Waals surface area contributed by atoms with Crippen molar-refractivity contribution in [3.8, 4) is 17.1 Å². The molecular formula is C24H26F3N3O6. The molecular weight excluding hydrogens is 483 g/mol. The molecule has 0 amide bonds. The normalized spacial score (nSPS) is 12.5. The van der Waals surface area contributed by atoms with E-state index in [0.717, 1.165) is 0 Å². The molecule has 0 saturated carbocycles. The van der Waals surface area contributed by atoms with Gasteiger partial charge in [-0.3, -0.25) is 4.79 Å². The lowest BCUT2D eigenvalue weighted by Crippen LogP contribution is -2.08. The molecule has 0 radical (unpaired) electrons. The molecule has 0 aliphatic heterocycles. The van der Waals surface area contributed by atoms with Gasteiger partial charge in [0.05, 0.1) is 6.61 Å². The molecule has 0 spiro atoms. The summed E-state index contributed by atoms with van der Waals surface area (Å²) >= 11 is 0. The summed E-state index contributed by atoms with van der Waals surface area (Å²) in [5.41, 5.74) is 2.02. The highest BCUT2D eigenvalue weighted by molar-refractivity contribution is 5.85. The largest absolute Gasteiger partial charge is 0.493 e. The van der Waals surface area contributed by atoms with Crippen molar-refractivity contribution in [3.05, 3.63) is 46.7 Å². The number of benzene rings is 1. The Labute approximate surface area is 204 Å². The number of aryl methyl sites for hydroxylation is 3. The van der Waals surface area contributed by atoms with Crippen LogP contribution in [0.4, 0.5) is 13.2 Å². The Morgan fingerprint density at radius 3 is 2.39 bits per heavy atom. The van der Waals surface area contributed by atoms with Crippen molar-refractivity contribution in [2.24, 2.45) is 0 Å². The minimum Gasteiger partial charge on any atom is -0.493 e. The number of carbonyl (C=O) groups is 2. The number of hydrogen-bond donors (Lipinski definition) is 1. The SMILES string of the molecule is CC(=O)CCC(=O)CC(O)c1cc(CCCOc2c(C)cc(-c3noc(C(F)(F)F)n3)cc2C)on1. The first-order valence-corrected chi connectivity index (χ1v) is 11.2. The average Bonchev–Trinajstić information content (AvgIpc) is 3.46. The molecule has 0 aliphatic rings. The molecule has 1 N–H and O–H groups in total. The molecule has 2 aromatic heterocycles. The lowest BCUT2D eigenvalue weighted by Gasteiger charge is -2.13. The van der Waals surface area contributed by atoms with E-state index in [-0.39, 0.29) is 42.3 Å². The number of carbonyl (C=O) groups excluding carboxylic acids is 2. The van der Waals surface area contributed by atoms with Crippen LogP contribution in [-0.4, -0.2) is 38.6 Å². The number of halogens is 3. The summed E-state index contributed by atoms with van der Waals surface area (Å²) in [6.07, 6.45) is -4.70. The van der Waals surface area contributed by atoms with Gasteiger partial charge in [-0.05, 0) is 50.5 Å². The number of nitrogens with zero attached hydrogens (tertiary/aromatic N) is 3. The smallest absolute Gasteiger partial charge is 0.471 e. The number of alkyl halides is 3. The molecule has 0 saturated heterocycles. The fraction of sp³-hybridized carbons (Fsp3) is 0.458. The summed E-state index contributed by atoms with van der Waals surface area (Å²) in [5.74, 6) is -0.773. The predicted molar refractivity (Wildman–Crippen MR) is 119 cm³/mol. The molecule has 1 unspecified atom stereocenters. The van der Waals surface area contributed by atoms with Crippen LogP contribution in [-0.2, 0) is 22.2 Å². The first-order chi connectivity index (χ1) is 16.9. The highest BCUT2D eigenvalue weighted by atomic mass is 19.4. The number of hydrogen-bond acceptors (Lipinski definition) is 9. The number of rotatable bonds is 12. The summed E-state index contributed by atoms with van der Waals surface area (Å²) in [4.78, 5) is 26.2. The Balaban J connectivity index is 1.51. The van der Waals surface area contributed by atoms with Gasteiger partial charge in [0.2, 0.25) is 5.82 Å². The number of ether oxygens (including phenoxy) is 1. The van der Waals surface area contributed by atoms with Gasteiger partial charge in [-0.1, -0.05) is 10.3 Å². The zero-order valence-electron chi connectivity index (χ0n) is 20.0. The van der Waals surface area contributed by atoms with Gasteiger partial charge in [0.15, 0.2) is 0 Å². The van der Waals surface area contributed by atoms with Crippen molar-refractivity contribution in [3.63, 3.8) is 0 Å². The Kier molecular flexibility index (Phi) is 8.62. The first-order valence-electron chi connectivity index (χ1n) is 11.2. The lowest BCUT2D eigenvalue weighted by molar-refractivity contribution is -0.159. The van der Waals surface area contributed by atoms with Crippen LogP contribution in [0.1, 0.15) is 67.2 Å². The summed E-state index contributed by atoms with van der Waals surface area (Å²) in [6, 6.07) is 4.82. The van der Waals surface area contributed by atoms with Crippen LogP contribution in [0.15, 0.2) is 27.2 Å². The second kappa shape index (κ2) is 11.5. The van der Waals surface area contributed by atoms with Gasteiger partial charge in [0, 0.05) is 37.3 Å². The molecule has 1 atom stereocenters. The van der Waals surface area contributed by atoms with Crippen LogP contribution in [0.25, 0.3) is 11.4 Å². The monoisotopic (exact) mass is 509 g/mol. The maximum Gasteiger partial charge on any atom is 0.471 e. The fourth-order valence-corrected chi connectivity index (χ4v) is 3.53. The molecule has 3 rings (SSSR count). The van der Waals surface area contributed by atoms with E-state index in [4.69, 9.17) is 9.26 Å². The Hall–Kier alpha value is -3.54. The van der Waals surface area contributed by atoms with Gasteiger partial charge in [0.1, 0.15) is 34.9 Å². The van der Waals surface area contributed by atoms with E-state index >= 15 is 0 Å². The maximum atomic E-state index is 12.7. The molecule has 1 aromatic carbocycles. The minimum absolute atomic E-state index is 0.0813. The van der Waals surface area contributed by atoms with Gasteiger partial charge >= 0.3 is 12.1 Å². The van der Waals surface area contributed by atoms with Crippen LogP contribution in [0.3, 0.4) is 0 Å². The number of Topliss-reactive ketones (excluding diaryl/α,β-unsaturated/α-hetero) is 2. The third-order valence-electron chi connectivity index (χ3n) is 5.30. The van der Waals surface area contributed by atoms with E-state index in [0.29, 0.717) is 47.6 Å². The second-order valence-corrected chi connectivity index (χ2v) is 8.49. The van der Waals surface area contributed by atoms with Crippen molar-refractivity contribution in [2.45, 2.75) is 65.2 Å². The van der Waals surface area contributed by atoms with E-state index in [1.807, 2.05) is 0 Å². The summed E-state index contributed by atoms with van der Waals surface area (Å²) in [6.45, 7) is 5.25. The van der Waals surface area contributed by atoms with Crippen molar-refractivity contribution < 1.29 is 41.6 Å². The number of aliphatic hydroxyl groups is 1. The predicted octanol–water partition coefficient (Wildman–Crippen LogP) is 4.73. The van der Waals surface area contributed by atoms with Crippen molar-refractivity contribution in [1.82, 2.24) is 15.3 Å².